The third-order valence-electron chi connectivity index (χ3n) is 20.4. The highest BCUT2D eigenvalue weighted by Crippen LogP contribution is 2.38. The van der Waals surface area contributed by atoms with Gasteiger partial charge in [-0.2, -0.15) is 0 Å². The van der Waals surface area contributed by atoms with Crippen molar-refractivity contribution in [3.8, 4) is 0 Å². The van der Waals surface area contributed by atoms with Gasteiger partial charge >= 0.3 is 11.9 Å². The standard InChI is InChI=1S/C88H172NO8P/c1-6-8-10-12-14-16-18-20-22-24-26-28-30-32-34-36-38-40-42-44-46-48-50-52-54-56-58-60-62-64-66-68-70-72-74-76-78-80-87(90)94-84-86(85-96-98(92,93)95-83-82-89(3,4)5)97-88(91)81-79-77-75-73-71-69-67-65-63-61-59-57-55-53-51-49-47-45-43-41-39-37-35-33-31-29-27-25-23-21-19-17-15-13-11-9-7-2/h24-27,86H,6-23,28-85H2,1-5H3/b26-24-,27-25-. The van der Waals surface area contributed by atoms with Crippen molar-refractivity contribution in [2.24, 2.45) is 0 Å². The molecular weight excluding hydrogens is 1230 g/mol. The SMILES string of the molecule is CCCCCCCCCC/C=C\CCCCCCCCCCCCCCCCCCCCCCCCCCCC(=O)OCC(COP(=O)([O-])OCC[N+](C)(C)C)OC(=O)CCCCCCCCCCCCCCCCCCCCCCCCCCC/C=C\CCCCCCCCCC. The molecule has 0 radical (unpaired) electrons. The lowest BCUT2D eigenvalue weighted by molar-refractivity contribution is -0.870. The Balaban J connectivity index is 3.84. The van der Waals surface area contributed by atoms with Gasteiger partial charge in [0, 0.05) is 12.8 Å². The van der Waals surface area contributed by atoms with Crippen LogP contribution in [-0.4, -0.2) is 70.0 Å². The second-order valence-electron chi connectivity index (χ2n) is 31.6. The summed E-state index contributed by atoms with van der Waals surface area (Å²) in [5.74, 6) is -0.802. The Morgan fingerprint density at radius 2 is 0.520 bits per heavy atom. The van der Waals surface area contributed by atoms with Crippen LogP contribution in [0, 0.1) is 0 Å². The molecule has 0 heterocycles. The van der Waals surface area contributed by atoms with E-state index in [1.165, 1.54) is 411 Å². The Hall–Kier alpha value is -1.51. The largest absolute Gasteiger partial charge is 0.756 e. The molecule has 0 aromatic rings. The average molecular weight is 1400 g/mol. The molecule has 0 N–H and O–H groups in total. The second-order valence-corrected chi connectivity index (χ2v) is 33.0. The van der Waals surface area contributed by atoms with E-state index >= 15 is 0 Å². The first-order chi connectivity index (χ1) is 48.0. The maximum absolute atomic E-state index is 12.9. The zero-order chi connectivity index (χ0) is 71.1. The van der Waals surface area contributed by atoms with Crippen LogP contribution in [-0.2, 0) is 32.7 Å². The van der Waals surface area contributed by atoms with Gasteiger partial charge in [-0.15, -0.1) is 0 Å². The minimum absolute atomic E-state index is 0.0260. The molecule has 2 unspecified atom stereocenters. The molecule has 98 heavy (non-hydrogen) atoms. The molecule has 0 saturated carbocycles. The quantitative estimate of drug-likeness (QED) is 0.0195. The van der Waals surface area contributed by atoms with Gasteiger partial charge in [-0.05, 0) is 64.2 Å². The summed E-state index contributed by atoms with van der Waals surface area (Å²) in [5, 5.41) is 0. The summed E-state index contributed by atoms with van der Waals surface area (Å²) >= 11 is 0. The molecule has 0 bridgehead atoms. The Labute approximate surface area is 612 Å². The average Bonchev–Trinajstić information content (AvgIpc) is 1.14. The molecule has 0 aliphatic heterocycles. The third-order valence-corrected chi connectivity index (χ3v) is 21.4. The number of ether oxygens (including phenoxy) is 2. The number of hydrogen-bond acceptors (Lipinski definition) is 8. The van der Waals surface area contributed by atoms with E-state index in [0.717, 1.165) is 32.1 Å². The number of phosphoric acid groups is 1. The molecule has 0 aliphatic rings. The van der Waals surface area contributed by atoms with Crippen molar-refractivity contribution in [3.63, 3.8) is 0 Å². The van der Waals surface area contributed by atoms with E-state index in [4.69, 9.17) is 18.5 Å². The van der Waals surface area contributed by atoms with Crippen molar-refractivity contribution in [3.05, 3.63) is 24.3 Å². The van der Waals surface area contributed by atoms with E-state index in [0.29, 0.717) is 17.4 Å². The predicted octanol–water partition coefficient (Wildman–Crippen LogP) is 28.9. The van der Waals surface area contributed by atoms with Gasteiger partial charge in [0.15, 0.2) is 6.10 Å². The Morgan fingerprint density at radius 1 is 0.306 bits per heavy atom. The summed E-state index contributed by atoms with van der Waals surface area (Å²) < 4.78 is 34.5. The maximum atomic E-state index is 12.9. The van der Waals surface area contributed by atoms with Crippen molar-refractivity contribution in [2.45, 2.75) is 482 Å². The lowest BCUT2D eigenvalue weighted by Gasteiger charge is -2.28. The summed E-state index contributed by atoms with van der Waals surface area (Å²) in [7, 11) is 1.20. The fourth-order valence-electron chi connectivity index (χ4n) is 13.7. The number of carbonyl (C=O) groups is 2. The van der Waals surface area contributed by atoms with E-state index in [1.807, 2.05) is 21.1 Å². The number of allylic oxidation sites excluding steroid dienone is 4. The molecular formula is C88H172NO8P. The minimum atomic E-state index is -4.64. The Morgan fingerprint density at radius 3 is 0.755 bits per heavy atom. The number of carbonyl (C=O) groups excluding carboxylic acids is 2. The zero-order valence-electron chi connectivity index (χ0n) is 66.8. The molecule has 0 rings (SSSR count). The highest BCUT2D eigenvalue weighted by atomic mass is 31.2. The summed E-state index contributed by atoms with van der Waals surface area (Å²) in [6.07, 6.45) is 104. The van der Waals surface area contributed by atoms with Crippen molar-refractivity contribution in [2.75, 3.05) is 47.5 Å². The van der Waals surface area contributed by atoms with Gasteiger partial charge in [-0.3, -0.25) is 14.2 Å². The maximum Gasteiger partial charge on any atom is 0.306 e. The van der Waals surface area contributed by atoms with Crippen molar-refractivity contribution in [1.29, 1.82) is 0 Å². The molecule has 0 fully saturated rings. The number of likely N-dealkylation sites (N-methyl/N-ethyl adjacent to an activating group) is 1. The second kappa shape index (κ2) is 79.6. The van der Waals surface area contributed by atoms with Gasteiger partial charge in [0.25, 0.3) is 7.82 Å². The molecule has 0 aromatic heterocycles. The van der Waals surface area contributed by atoms with Crippen LogP contribution in [0.2, 0.25) is 0 Å². The molecule has 0 amide bonds. The van der Waals surface area contributed by atoms with Crippen molar-refractivity contribution < 1.29 is 42.1 Å². The number of hydrogen-bond donors (Lipinski definition) is 0. The highest BCUT2D eigenvalue weighted by molar-refractivity contribution is 7.45. The molecule has 10 heteroatoms. The lowest BCUT2D eigenvalue weighted by Crippen LogP contribution is -2.37. The number of nitrogens with zero attached hydrogens (tertiary/aromatic N) is 1. The monoisotopic (exact) mass is 1400 g/mol. The van der Waals surface area contributed by atoms with Crippen LogP contribution in [0.15, 0.2) is 24.3 Å². The van der Waals surface area contributed by atoms with Gasteiger partial charge < -0.3 is 27.9 Å². The Kier molecular flexibility index (Phi) is 78.4. The summed E-state index contributed by atoms with van der Waals surface area (Å²) in [4.78, 5) is 38.2. The van der Waals surface area contributed by atoms with Crippen molar-refractivity contribution >= 4 is 19.8 Å². The number of unbranched alkanes of at least 4 members (excludes halogenated alkanes) is 66. The van der Waals surface area contributed by atoms with Gasteiger partial charge in [0.2, 0.25) is 0 Å². The third kappa shape index (κ3) is 83.4. The van der Waals surface area contributed by atoms with Crippen LogP contribution in [0.5, 0.6) is 0 Å². The molecule has 0 spiro atoms. The molecule has 0 aliphatic carbocycles. The fourth-order valence-corrected chi connectivity index (χ4v) is 14.4. The molecule has 582 valence electrons. The van der Waals surface area contributed by atoms with E-state index in [9.17, 15) is 19.0 Å². The van der Waals surface area contributed by atoms with E-state index in [1.54, 1.807) is 0 Å². The number of rotatable bonds is 84. The number of esters is 2. The summed E-state index contributed by atoms with van der Waals surface area (Å²) in [6, 6.07) is 0. The van der Waals surface area contributed by atoms with E-state index in [-0.39, 0.29) is 32.0 Å². The number of phosphoric ester groups is 1. The van der Waals surface area contributed by atoms with Crippen LogP contribution >= 0.6 is 7.82 Å². The molecule has 2 atom stereocenters. The van der Waals surface area contributed by atoms with Gasteiger partial charge in [-0.25, -0.2) is 0 Å². The highest BCUT2D eigenvalue weighted by Gasteiger charge is 2.22. The van der Waals surface area contributed by atoms with Crippen LogP contribution in [0.4, 0.5) is 0 Å². The normalized spacial score (nSPS) is 13.0. The van der Waals surface area contributed by atoms with Crippen LogP contribution < -0.4 is 4.89 Å². The molecule has 0 saturated heterocycles. The summed E-state index contributed by atoms with van der Waals surface area (Å²) in [5.41, 5.74) is 0. The first kappa shape index (κ1) is 96.5. The molecule has 0 aromatic carbocycles. The van der Waals surface area contributed by atoms with Crippen LogP contribution in [0.25, 0.3) is 0 Å². The van der Waals surface area contributed by atoms with Crippen molar-refractivity contribution in [1.82, 2.24) is 0 Å². The zero-order valence-corrected chi connectivity index (χ0v) is 67.7. The first-order valence-electron chi connectivity index (χ1n) is 44.0. The Bertz CT molecular complexity index is 1700. The molecule has 9 nitrogen and oxygen atoms in total. The van der Waals surface area contributed by atoms with Gasteiger partial charge in [0.05, 0.1) is 27.7 Å². The number of quaternary nitrogens is 1. The van der Waals surface area contributed by atoms with Crippen LogP contribution in [0.3, 0.4) is 0 Å². The van der Waals surface area contributed by atoms with E-state index in [2.05, 4.69) is 38.2 Å². The van der Waals surface area contributed by atoms with E-state index < -0.39 is 26.5 Å². The topological polar surface area (TPSA) is 111 Å². The lowest BCUT2D eigenvalue weighted by atomic mass is 10.0. The predicted molar refractivity (Wildman–Crippen MR) is 425 cm³/mol. The van der Waals surface area contributed by atoms with Gasteiger partial charge in [-0.1, -0.05) is 423 Å². The van der Waals surface area contributed by atoms with Gasteiger partial charge in [0.1, 0.15) is 19.8 Å². The first-order valence-corrected chi connectivity index (χ1v) is 45.5. The van der Waals surface area contributed by atoms with Crippen LogP contribution in [0.1, 0.15) is 476 Å². The minimum Gasteiger partial charge on any atom is -0.756 e. The summed E-state index contributed by atoms with van der Waals surface area (Å²) in [6.45, 7) is 4.34. The fraction of sp³-hybridized carbons (Fsp3) is 0.932. The smallest absolute Gasteiger partial charge is 0.306 e.